The lowest BCUT2D eigenvalue weighted by atomic mass is 9.94. The highest BCUT2D eigenvalue weighted by molar-refractivity contribution is 5.94. The summed E-state index contributed by atoms with van der Waals surface area (Å²) < 4.78 is 13.0. The molecule has 1 atom stereocenters. The Hall–Kier alpha value is -2.50. The average molecular weight is 315 g/mol. The van der Waals surface area contributed by atoms with Crippen molar-refractivity contribution in [3.05, 3.63) is 63.6 Å². The maximum atomic E-state index is 13.0. The van der Waals surface area contributed by atoms with Gasteiger partial charge < -0.3 is 9.88 Å². The molecule has 6 heteroatoms. The molecular formula is C17H18FN3O2. The molecule has 0 radical (unpaired) electrons. The van der Waals surface area contributed by atoms with Crippen molar-refractivity contribution in [3.63, 3.8) is 0 Å². The second-order valence-electron chi connectivity index (χ2n) is 6.02. The van der Waals surface area contributed by atoms with Crippen molar-refractivity contribution < 1.29 is 9.18 Å². The third kappa shape index (κ3) is 2.88. The topological polar surface area (TPSA) is 66.1 Å². The first-order chi connectivity index (χ1) is 11.0. The number of rotatable bonds is 3. The second-order valence-corrected chi connectivity index (χ2v) is 6.02. The first-order valence-corrected chi connectivity index (χ1v) is 7.63. The van der Waals surface area contributed by atoms with Gasteiger partial charge in [-0.1, -0.05) is 26.0 Å². The van der Waals surface area contributed by atoms with Crippen molar-refractivity contribution in [1.82, 2.24) is 14.9 Å². The van der Waals surface area contributed by atoms with Gasteiger partial charge in [-0.15, -0.1) is 0 Å². The van der Waals surface area contributed by atoms with E-state index in [0.29, 0.717) is 12.4 Å². The number of carbonyl (C=O) groups is 1. The highest BCUT2D eigenvalue weighted by Gasteiger charge is 2.35. The van der Waals surface area contributed by atoms with Gasteiger partial charge in [-0.3, -0.25) is 9.59 Å². The molecule has 23 heavy (non-hydrogen) atoms. The van der Waals surface area contributed by atoms with Crippen LogP contribution in [0.1, 0.15) is 54.0 Å². The van der Waals surface area contributed by atoms with E-state index in [9.17, 15) is 14.0 Å². The number of nitrogens with zero attached hydrogens (tertiary/aromatic N) is 2. The van der Waals surface area contributed by atoms with Crippen LogP contribution in [0, 0.1) is 5.82 Å². The molecule has 2 aromatic rings. The molecule has 0 spiro atoms. The lowest BCUT2D eigenvalue weighted by Gasteiger charge is -2.41. The summed E-state index contributed by atoms with van der Waals surface area (Å²) in [7, 11) is 0. The number of benzene rings is 1. The Morgan fingerprint density at radius 2 is 2.04 bits per heavy atom. The normalized spacial score (nSPS) is 17.2. The average Bonchev–Trinajstić information content (AvgIpc) is 2.48. The smallest absolute Gasteiger partial charge is 0.263 e. The molecule has 120 valence electrons. The van der Waals surface area contributed by atoms with Gasteiger partial charge in [-0.25, -0.2) is 9.37 Å². The number of hydrogen-bond donors (Lipinski definition) is 1. The minimum absolute atomic E-state index is 0.0428. The molecule has 1 fully saturated rings. The SMILES string of the molecule is CC(C)c1ncc(C(=O)N2CC[C@@H]2c2ccc(F)cc2)c(=O)[nH]1. The first kappa shape index (κ1) is 15.4. The summed E-state index contributed by atoms with van der Waals surface area (Å²) in [6.07, 6.45) is 2.14. The molecule has 3 rings (SSSR count). The van der Waals surface area contributed by atoms with Crippen molar-refractivity contribution in [2.45, 2.75) is 32.2 Å². The number of H-pyrrole nitrogens is 1. The monoisotopic (exact) mass is 315 g/mol. The van der Waals surface area contributed by atoms with Crippen LogP contribution < -0.4 is 5.56 Å². The van der Waals surface area contributed by atoms with Crippen LogP contribution in [-0.2, 0) is 0 Å². The van der Waals surface area contributed by atoms with Gasteiger partial charge in [0.15, 0.2) is 0 Å². The van der Waals surface area contributed by atoms with Gasteiger partial charge >= 0.3 is 0 Å². The Balaban J connectivity index is 1.83. The highest BCUT2D eigenvalue weighted by Crippen LogP contribution is 2.34. The van der Waals surface area contributed by atoms with E-state index < -0.39 is 5.56 Å². The third-order valence-corrected chi connectivity index (χ3v) is 4.13. The van der Waals surface area contributed by atoms with Crippen LogP contribution in [0.25, 0.3) is 0 Å². The van der Waals surface area contributed by atoms with Crippen molar-refractivity contribution in [2.75, 3.05) is 6.54 Å². The fourth-order valence-corrected chi connectivity index (χ4v) is 2.67. The largest absolute Gasteiger partial charge is 0.331 e. The zero-order valence-corrected chi connectivity index (χ0v) is 13.0. The molecule has 1 amide bonds. The number of aromatic nitrogens is 2. The number of halogens is 1. The number of hydrogen-bond acceptors (Lipinski definition) is 3. The van der Waals surface area contributed by atoms with E-state index in [-0.39, 0.29) is 29.2 Å². The van der Waals surface area contributed by atoms with Crippen molar-refractivity contribution in [2.24, 2.45) is 0 Å². The van der Waals surface area contributed by atoms with Gasteiger partial charge in [0.25, 0.3) is 11.5 Å². The van der Waals surface area contributed by atoms with Gasteiger partial charge in [0.05, 0.1) is 6.04 Å². The molecule has 1 aliphatic heterocycles. The molecule has 0 bridgehead atoms. The quantitative estimate of drug-likeness (QED) is 0.947. The summed E-state index contributed by atoms with van der Waals surface area (Å²) in [4.78, 5) is 33.1. The number of likely N-dealkylation sites (tertiary alicyclic amines) is 1. The van der Waals surface area contributed by atoms with Crippen molar-refractivity contribution >= 4 is 5.91 Å². The van der Waals surface area contributed by atoms with Crippen LogP contribution in [0.4, 0.5) is 4.39 Å². The summed E-state index contributed by atoms with van der Waals surface area (Å²) >= 11 is 0. The predicted molar refractivity (Wildman–Crippen MR) is 83.7 cm³/mol. The van der Waals surface area contributed by atoms with Gasteiger partial charge in [-0.05, 0) is 24.1 Å². The number of amides is 1. The Bertz CT molecular complexity index is 783. The van der Waals surface area contributed by atoms with E-state index >= 15 is 0 Å². The van der Waals surface area contributed by atoms with Crippen molar-refractivity contribution in [1.29, 1.82) is 0 Å². The maximum absolute atomic E-state index is 13.0. The Kier molecular flexibility index (Phi) is 3.98. The molecular weight excluding hydrogens is 297 g/mol. The van der Waals surface area contributed by atoms with E-state index in [4.69, 9.17) is 0 Å². The fraction of sp³-hybridized carbons (Fsp3) is 0.353. The molecule has 1 aromatic heterocycles. The molecule has 1 saturated heterocycles. The fourth-order valence-electron chi connectivity index (χ4n) is 2.67. The minimum Gasteiger partial charge on any atom is -0.331 e. The summed E-state index contributed by atoms with van der Waals surface area (Å²) in [6, 6.07) is 5.98. The molecule has 1 aliphatic rings. The van der Waals surface area contributed by atoms with Gasteiger partial charge in [0.1, 0.15) is 17.2 Å². The van der Waals surface area contributed by atoms with E-state index in [1.54, 1.807) is 17.0 Å². The summed E-state index contributed by atoms with van der Waals surface area (Å²) in [5.41, 5.74) is 0.494. The first-order valence-electron chi connectivity index (χ1n) is 7.63. The van der Waals surface area contributed by atoms with Crippen LogP contribution >= 0.6 is 0 Å². The molecule has 0 aliphatic carbocycles. The van der Waals surface area contributed by atoms with Crippen molar-refractivity contribution in [3.8, 4) is 0 Å². The number of carbonyl (C=O) groups excluding carboxylic acids is 1. The van der Waals surface area contributed by atoms with Crippen LogP contribution in [0.3, 0.4) is 0 Å². The number of aromatic amines is 1. The van der Waals surface area contributed by atoms with Gasteiger partial charge in [0.2, 0.25) is 0 Å². The lowest BCUT2D eigenvalue weighted by Crippen LogP contribution is -2.46. The van der Waals surface area contributed by atoms with E-state index in [2.05, 4.69) is 9.97 Å². The summed E-state index contributed by atoms with van der Waals surface area (Å²) in [5.74, 6) is -0.00133. The summed E-state index contributed by atoms with van der Waals surface area (Å²) in [6.45, 7) is 4.41. The minimum atomic E-state index is -0.418. The van der Waals surface area contributed by atoms with Gasteiger partial charge in [0, 0.05) is 18.7 Å². The van der Waals surface area contributed by atoms with Crippen LogP contribution in [0.2, 0.25) is 0 Å². The Morgan fingerprint density at radius 1 is 1.35 bits per heavy atom. The Morgan fingerprint density at radius 3 is 2.57 bits per heavy atom. The molecule has 0 saturated carbocycles. The predicted octanol–water partition coefficient (Wildman–Crippen LogP) is 2.62. The second kappa shape index (κ2) is 5.95. The lowest BCUT2D eigenvalue weighted by molar-refractivity contribution is 0.0458. The third-order valence-electron chi connectivity index (χ3n) is 4.13. The molecule has 0 unspecified atom stereocenters. The molecule has 1 aromatic carbocycles. The van der Waals surface area contributed by atoms with Gasteiger partial charge in [-0.2, -0.15) is 0 Å². The standard InChI is InChI=1S/C17H18FN3O2/c1-10(2)15-19-9-13(16(22)20-15)17(23)21-8-7-14(21)11-3-5-12(18)6-4-11/h3-6,9-10,14H,7-8H2,1-2H3,(H,19,20,22)/t14-/m1/s1. The molecule has 1 N–H and O–H groups in total. The van der Waals surface area contributed by atoms with E-state index in [1.807, 2.05) is 13.8 Å². The van der Waals surface area contributed by atoms with Crippen LogP contribution in [-0.4, -0.2) is 27.3 Å². The van der Waals surface area contributed by atoms with E-state index in [1.165, 1.54) is 18.3 Å². The van der Waals surface area contributed by atoms with Crippen LogP contribution in [0.5, 0.6) is 0 Å². The number of nitrogens with one attached hydrogen (secondary N) is 1. The van der Waals surface area contributed by atoms with E-state index in [0.717, 1.165) is 12.0 Å². The molecule has 2 heterocycles. The maximum Gasteiger partial charge on any atom is 0.263 e. The van der Waals surface area contributed by atoms with Crippen LogP contribution in [0.15, 0.2) is 35.3 Å². The highest BCUT2D eigenvalue weighted by atomic mass is 19.1. The zero-order chi connectivity index (χ0) is 16.6. The molecule has 5 nitrogen and oxygen atoms in total. The zero-order valence-electron chi connectivity index (χ0n) is 13.0. The Labute approximate surface area is 133 Å². The summed E-state index contributed by atoms with van der Waals surface area (Å²) in [5, 5.41) is 0.